The first-order valence-corrected chi connectivity index (χ1v) is 46.2. The normalized spacial score (nSPS) is 14.1. The molecule has 0 bridgehead atoms. The zero-order valence-corrected chi connectivity index (χ0v) is 68.5. The Morgan fingerprint density at radius 3 is 0.696 bits per heavy atom. The third-order valence-electron chi connectivity index (χ3n) is 19.9. The van der Waals surface area contributed by atoms with Gasteiger partial charge in [0.2, 0.25) is 0 Å². The molecule has 19 heteroatoms. The summed E-state index contributed by atoms with van der Waals surface area (Å²) in [6, 6.07) is 0. The number of aliphatic hydroxyl groups excluding tert-OH is 1. The van der Waals surface area contributed by atoms with Crippen LogP contribution in [0.2, 0.25) is 0 Å². The molecular formula is C83H162O17P2. The fraction of sp³-hybridized carbons (Fsp3) is 0.952. The number of esters is 4. The van der Waals surface area contributed by atoms with E-state index in [1.807, 2.05) is 0 Å². The van der Waals surface area contributed by atoms with E-state index in [0.29, 0.717) is 25.7 Å². The summed E-state index contributed by atoms with van der Waals surface area (Å²) in [5, 5.41) is 10.7. The Kier molecular flexibility index (Phi) is 74.4. The molecule has 3 unspecified atom stereocenters. The van der Waals surface area contributed by atoms with Crippen LogP contribution >= 0.6 is 15.6 Å². The van der Waals surface area contributed by atoms with Crippen molar-refractivity contribution in [2.75, 3.05) is 39.6 Å². The predicted molar refractivity (Wildman–Crippen MR) is 418 cm³/mol. The number of phosphoric acid groups is 2. The first kappa shape index (κ1) is 100. The SMILES string of the molecule is CCCCCCCCCCCCCCCCCCCCCCCCC(=O)O[C@H](COC(=O)CCCCCCCCCCCCCCCCC)COP(=O)(O)OC[C@@H](O)COP(=O)(O)OC[C@@H](COC(=O)CCCCCCCCCCC(C)CC)OC(=O)CCCCCCCCCCCCCCC. The lowest BCUT2D eigenvalue weighted by atomic mass is 9.99. The molecule has 0 aliphatic rings. The number of rotatable bonds is 83. The number of carbonyl (C=O) groups is 4. The highest BCUT2D eigenvalue weighted by Crippen LogP contribution is 2.45. The van der Waals surface area contributed by atoms with Gasteiger partial charge in [-0.3, -0.25) is 37.3 Å². The van der Waals surface area contributed by atoms with E-state index in [4.69, 9.17) is 37.0 Å². The van der Waals surface area contributed by atoms with Gasteiger partial charge in [0.25, 0.3) is 0 Å². The van der Waals surface area contributed by atoms with E-state index in [2.05, 4.69) is 34.6 Å². The van der Waals surface area contributed by atoms with Crippen LogP contribution < -0.4 is 0 Å². The maximum atomic E-state index is 13.1. The van der Waals surface area contributed by atoms with Crippen LogP contribution in [-0.2, 0) is 65.4 Å². The van der Waals surface area contributed by atoms with E-state index in [-0.39, 0.29) is 25.7 Å². The van der Waals surface area contributed by atoms with Crippen molar-refractivity contribution in [1.82, 2.24) is 0 Å². The number of hydrogen-bond acceptors (Lipinski definition) is 15. The van der Waals surface area contributed by atoms with Crippen LogP contribution in [0.25, 0.3) is 0 Å². The monoisotopic (exact) mass is 1490 g/mol. The third kappa shape index (κ3) is 74.9. The Labute approximate surface area is 626 Å². The maximum absolute atomic E-state index is 13.1. The molecule has 0 aromatic heterocycles. The van der Waals surface area contributed by atoms with Crippen molar-refractivity contribution >= 4 is 39.5 Å². The summed E-state index contributed by atoms with van der Waals surface area (Å²) < 4.78 is 68.8. The molecule has 0 spiro atoms. The van der Waals surface area contributed by atoms with Gasteiger partial charge in [-0.1, -0.05) is 394 Å². The van der Waals surface area contributed by atoms with Gasteiger partial charge >= 0.3 is 39.5 Å². The van der Waals surface area contributed by atoms with Crippen LogP contribution in [0.1, 0.15) is 446 Å². The summed E-state index contributed by atoms with van der Waals surface area (Å²) in [6.07, 6.45) is 68.0. The van der Waals surface area contributed by atoms with E-state index in [9.17, 15) is 43.2 Å². The van der Waals surface area contributed by atoms with Gasteiger partial charge in [0.1, 0.15) is 19.3 Å². The van der Waals surface area contributed by atoms with E-state index in [1.165, 1.54) is 270 Å². The molecule has 102 heavy (non-hydrogen) atoms. The molecule has 3 N–H and O–H groups in total. The largest absolute Gasteiger partial charge is 0.472 e. The number of aliphatic hydroxyl groups is 1. The number of ether oxygens (including phenoxy) is 4. The summed E-state index contributed by atoms with van der Waals surface area (Å²) in [5.74, 6) is -1.33. The minimum absolute atomic E-state index is 0.108. The number of unbranched alkanes of at least 4 members (excludes halogenated alkanes) is 54. The Morgan fingerprint density at radius 1 is 0.275 bits per heavy atom. The van der Waals surface area contributed by atoms with Crippen molar-refractivity contribution < 1.29 is 80.2 Å². The second kappa shape index (κ2) is 75.9. The Morgan fingerprint density at radius 2 is 0.471 bits per heavy atom. The highest BCUT2D eigenvalue weighted by molar-refractivity contribution is 7.47. The third-order valence-corrected chi connectivity index (χ3v) is 21.8. The average Bonchev–Trinajstić information content (AvgIpc) is 0.941. The number of phosphoric ester groups is 2. The van der Waals surface area contributed by atoms with Crippen molar-refractivity contribution in [2.24, 2.45) is 5.92 Å². The molecule has 0 rings (SSSR count). The van der Waals surface area contributed by atoms with Crippen LogP contribution in [0.5, 0.6) is 0 Å². The summed E-state index contributed by atoms with van der Waals surface area (Å²) >= 11 is 0. The lowest BCUT2D eigenvalue weighted by Crippen LogP contribution is -2.30. The fourth-order valence-corrected chi connectivity index (χ4v) is 14.5. The lowest BCUT2D eigenvalue weighted by Gasteiger charge is -2.21. The molecule has 0 fully saturated rings. The molecule has 17 nitrogen and oxygen atoms in total. The van der Waals surface area contributed by atoms with E-state index < -0.39 is 97.5 Å². The zero-order valence-electron chi connectivity index (χ0n) is 66.8. The van der Waals surface area contributed by atoms with Gasteiger partial charge in [-0.25, -0.2) is 9.13 Å². The molecule has 6 atom stereocenters. The average molecular weight is 1490 g/mol. The molecule has 0 aliphatic heterocycles. The maximum Gasteiger partial charge on any atom is 0.472 e. The molecule has 0 heterocycles. The van der Waals surface area contributed by atoms with Crippen LogP contribution in [0, 0.1) is 5.92 Å². The van der Waals surface area contributed by atoms with Crippen molar-refractivity contribution in [3.63, 3.8) is 0 Å². The molecule has 606 valence electrons. The summed E-state index contributed by atoms with van der Waals surface area (Å²) in [4.78, 5) is 73.1. The minimum atomic E-state index is -4.96. The van der Waals surface area contributed by atoms with E-state index >= 15 is 0 Å². The van der Waals surface area contributed by atoms with Crippen LogP contribution in [0.4, 0.5) is 0 Å². The van der Waals surface area contributed by atoms with E-state index in [1.54, 1.807) is 0 Å². The van der Waals surface area contributed by atoms with Gasteiger partial charge in [-0.05, 0) is 31.6 Å². The van der Waals surface area contributed by atoms with Gasteiger partial charge in [-0.2, -0.15) is 0 Å². The van der Waals surface area contributed by atoms with Gasteiger partial charge in [0, 0.05) is 25.7 Å². The van der Waals surface area contributed by atoms with Crippen LogP contribution in [0.3, 0.4) is 0 Å². The molecule has 0 aromatic rings. The Hall–Kier alpha value is -1.94. The predicted octanol–water partition coefficient (Wildman–Crippen LogP) is 25.2. The van der Waals surface area contributed by atoms with Gasteiger partial charge in [0.15, 0.2) is 12.2 Å². The molecule has 0 saturated carbocycles. The van der Waals surface area contributed by atoms with Crippen molar-refractivity contribution in [3.05, 3.63) is 0 Å². The zero-order chi connectivity index (χ0) is 74.8. The van der Waals surface area contributed by atoms with Crippen molar-refractivity contribution in [3.8, 4) is 0 Å². The lowest BCUT2D eigenvalue weighted by molar-refractivity contribution is -0.161. The fourth-order valence-electron chi connectivity index (χ4n) is 12.9. The molecular weight excluding hydrogens is 1330 g/mol. The number of hydrogen-bond donors (Lipinski definition) is 3. The Bertz CT molecular complexity index is 1950. The van der Waals surface area contributed by atoms with Gasteiger partial charge < -0.3 is 33.8 Å². The second-order valence-corrected chi connectivity index (χ2v) is 33.0. The summed E-state index contributed by atoms with van der Waals surface area (Å²) in [6.45, 7) is 7.35. The molecule has 0 amide bonds. The van der Waals surface area contributed by atoms with Crippen LogP contribution in [0.15, 0.2) is 0 Å². The molecule has 0 aliphatic carbocycles. The summed E-state index contributed by atoms with van der Waals surface area (Å²) in [5.41, 5.74) is 0. The van der Waals surface area contributed by atoms with Gasteiger partial charge in [0.05, 0.1) is 26.4 Å². The smallest absolute Gasteiger partial charge is 0.462 e. The van der Waals surface area contributed by atoms with Crippen molar-refractivity contribution in [1.29, 1.82) is 0 Å². The van der Waals surface area contributed by atoms with Gasteiger partial charge in [-0.15, -0.1) is 0 Å². The molecule has 0 saturated heterocycles. The van der Waals surface area contributed by atoms with E-state index in [0.717, 1.165) is 95.8 Å². The summed E-state index contributed by atoms with van der Waals surface area (Å²) in [7, 11) is -9.92. The first-order valence-electron chi connectivity index (χ1n) is 43.2. The Balaban J connectivity index is 5.22. The second-order valence-electron chi connectivity index (χ2n) is 30.1. The van der Waals surface area contributed by atoms with Crippen molar-refractivity contribution in [2.45, 2.75) is 464 Å². The highest BCUT2D eigenvalue weighted by Gasteiger charge is 2.30. The molecule has 0 radical (unpaired) electrons. The molecule has 0 aromatic carbocycles. The topological polar surface area (TPSA) is 237 Å². The minimum Gasteiger partial charge on any atom is -0.462 e. The first-order chi connectivity index (χ1) is 49.6. The quantitative estimate of drug-likeness (QED) is 0.0222. The highest BCUT2D eigenvalue weighted by atomic mass is 31.2. The standard InChI is InChI=1S/C83H162O17P2/c1-6-10-13-16-19-22-25-28-30-31-32-33-34-35-36-38-41-44-47-54-59-64-69-83(88)99-78(72-93-80(85)66-61-56-51-45-42-40-37-29-26-23-20-17-14-11-7-2)74-97-101(89,90)95-70-77(84)71-96-102(91,92)98-75-79(73-94-81(86)67-62-57-52-49-48-50-55-60-65-76(5)9-4)100-82(87)68-63-58-53-46-43-39-27-24-21-18-15-12-8-3/h76-79,84H,6-75H2,1-5H3,(H,89,90)(H,91,92)/t76?,77-,78-,79-/m1/s1. The van der Waals surface area contributed by atoms with Crippen LogP contribution in [-0.4, -0.2) is 96.7 Å². The number of carbonyl (C=O) groups excluding carboxylic acids is 4.